The first-order valence-corrected chi connectivity index (χ1v) is 5.84. The minimum absolute atomic E-state index is 0.170. The summed E-state index contributed by atoms with van der Waals surface area (Å²) in [5, 5.41) is 28.7. The molecule has 0 spiro atoms. The monoisotopic (exact) mass is 222 g/mol. The SMILES string of the molecule is OCC1CCCC(c2c(O)cccc2O)C1. The Balaban J connectivity index is 2.23. The molecule has 3 nitrogen and oxygen atoms in total. The smallest absolute Gasteiger partial charge is 0.122 e. The van der Waals surface area contributed by atoms with Gasteiger partial charge in [0, 0.05) is 12.2 Å². The Labute approximate surface area is 95.4 Å². The molecule has 0 aliphatic heterocycles. The van der Waals surface area contributed by atoms with Gasteiger partial charge in [-0.1, -0.05) is 12.5 Å². The Morgan fingerprint density at radius 1 is 1.12 bits per heavy atom. The van der Waals surface area contributed by atoms with Crippen LogP contribution in [0, 0.1) is 5.92 Å². The Kier molecular flexibility index (Phi) is 3.34. The average molecular weight is 222 g/mol. The minimum Gasteiger partial charge on any atom is -0.508 e. The van der Waals surface area contributed by atoms with Crippen LogP contribution >= 0.6 is 0 Å². The van der Waals surface area contributed by atoms with E-state index in [-0.39, 0.29) is 24.0 Å². The highest BCUT2D eigenvalue weighted by Gasteiger charge is 2.26. The number of aliphatic hydroxyl groups is 1. The summed E-state index contributed by atoms with van der Waals surface area (Å²) in [5.41, 5.74) is 0.653. The zero-order valence-corrected chi connectivity index (χ0v) is 9.26. The molecule has 1 aliphatic carbocycles. The van der Waals surface area contributed by atoms with E-state index in [0.717, 1.165) is 25.7 Å². The third-order valence-electron chi connectivity index (χ3n) is 3.51. The van der Waals surface area contributed by atoms with Crippen LogP contribution < -0.4 is 0 Å². The van der Waals surface area contributed by atoms with Gasteiger partial charge < -0.3 is 15.3 Å². The van der Waals surface area contributed by atoms with E-state index in [4.69, 9.17) is 5.11 Å². The van der Waals surface area contributed by atoms with Gasteiger partial charge in [-0.25, -0.2) is 0 Å². The van der Waals surface area contributed by atoms with E-state index in [1.54, 1.807) is 18.2 Å². The van der Waals surface area contributed by atoms with E-state index in [0.29, 0.717) is 11.5 Å². The predicted octanol–water partition coefficient (Wildman–Crippen LogP) is 2.36. The molecule has 2 unspecified atom stereocenters. The summed E-state index contributed by atoms with van der Waals surface area (Å²) in [6, 6.07) is 4.86. The van der Waals surface area contributed by atoms with Gasteiger partial charge in [0.15, 0.2) is 0 Å². The summed E-state index contributed by atoms with van der Waals surface area (Å²) in [6.07, 6.45) is 3.91. The lowest BCUT2D eigenvalue weighted by Gasteiger charge is -2.28. The molecule has 0 aromatic heterocycles. The minimum atomic E-state index is 0.170. The molecule has 0 saturated heterocycles. The van der Waals surface area contributed by atoms with Gasteiger partial charge in [-0.3, -0.25) is 0 Å². The fourth-order valence-corrected chi connectivity index (χ4v) is 2.68. The van der Waals surface area contributed by atoms with Crippen molar-refractivity contribution in [2.24, 2.45) is 5.92 Å². The van der Waals surface area contributed by atoms with Crippen LogP contribution in [0.1, 0.15) is 37.2 Å². The summed E-state index contributed by atoms with van der Waals surface area (Å²) in [5.74, 6) is 0.817. The van der Waals surface area contributed by atoms with Gasteiger partial charge in [0.05, 0.1) is 0 Å². The molecule has 0 radical (unpaired) electrons. The lowest BCUT2D eigenvalue weighted by Crippen LogP contribution is -2.17. The lowest BCUT2D eigenvalue weighted by atomic mass is 9.78. The summed E-state index contributed by atoms with van der Waals surface area (Å²) in [6.45, 7) is 0.199. The second-order valence-corrected chi connectivity index (χ2v) is 4.62. The first-order valence-electron chi connectivity index (χ1n) is 5.84. The van der Waals surface area contributed by atoms with Crippen molar-refractivity contribution < 1.29 is 15.3 Å². The predicted molar refractivity (Wildman–Crippen MR) is 61.6 cm³/mol. The van der Waals surface area contributed by atoms with Gasteiger partial charge in [-0.15, -0.1) is 0 Å². The Morgan fingerprint density at radius 3 is 2.44 bits per heavy atom. The number of phenols is 2. The molecule has 1 aromatic rings. The van der Waals surface area contributed by atoms with E-state index >= 15 is 0 Å². The first kappa shape index (κ1) is 11.3. The molecule has 1 saturated carbocycles. The molecular weight excluding hydrogens is 204 g/mol. The van der Waals surface area contributed by atoms with Crippen molar-refractivity contribution in [3.63, 3.8) is 0 Å². The maximum absolute atomic E-state index is 9.78. The van der Waals surface area contributed by atoms with Crippen molar-refractivity contribution in [3.05, 3.63) is 23.8 Å². The second kappa shape index (κ2) is 4.74. The fourth-order valence-electron chi connectivity index (χ4n) is 2.68. The van der Waals surface area contributed by atoms with Crippen molar-refractivity contribution in [3.8, 4) is 11.5 Å². The van der Waals surface area contributed by atoms with Crippen LogP contribution in [0.3, 0.4) is 0 Å². The summed E-state index contributed by atoms with van der Waals surface area (Å²) >= 11 is 0. The van der Waals surface area contributed by atoms with E-state index in [9.17, 15) is 10.2 Å². The van der Waals surface area contributed by atoms with Crippen LogP contribution in [-0.2, 0) is 0 Å². The fraction of sp³-hybridized carbons (Fsp3) is 0.538. The maximum atomic E-state index is 9.78. The summed E-state index contributed by atoms with van der Waals surface area (Å²) in [7, 11) is 0. The molecular formula is C13H18O3. The molecule has 1 aliphatic rings. The number of aliphatic hydroxyl groups excluding tert-OH is 1. The largest absolute Gasteiger partial charge is 0.508 e. The van der Waals surface area contributed by atoms with Crippen LogP contribution in [0.5, 0.6) is 11.5 Å². The average Bonchev–Trinajstić information content (AvgIpc) is 2.29. The summed E-state index contributed by atoms with van der Waals surface area (Å²) < 4.78 is 0. The highest BCUT2D eigenvalue weighted by atomic mass is 16.3. The highest BCUT2D eigenvalue weighted by Crippen LogP contribution is 2.43. The van der Waals surface area contributed by atoms with Crippen molar-refractivity contribution in [1.29, 1.82) is 0 Å². The highest BCUT2D eigenvalue weighted by molar-refractivity contribution is 5.45. The first-order chi connectivity index (χ1) is 7.72. The quantitative estimate of drug-likeness (QED) is 0.720. The van der Waals surface area contributed by atoms with Gasteiger partial charge in [0.1, 0.15) is 11.5 Å². The third kappa shape index (κ3) is 2.14. The van der Waals surface area contributed by atoms with Gasteiger partial charge in [0.25, 0.3) is 0 Å². The number of phenolic OH excluding ortho intramolecular Hbond substituents is 2. The number of benzene rings is 1. The van der Waals surface area contributed by atoms with E-state index in [1.807, 2.05) is 0 Å². The number of rotatable bonds is 2. The second-order valence-electron chi connectivity index (χ2n) is 4.62. The molecule has 16 heavy (non-hydrogen) atoms. The van der Waals surface area contributed by atoms with Crippen molar-refractivity contribution >= 4 is 0 Å². The molecule has 2 atom stereocenters. The molecule has 3 N–H and O–H groups in total. The van der Waals surface area contributed by atoms with Crippen LogP contribution in [0.2, 0.25) is 0 Å². The number of aromatic hydroxyl groups is 2. The molecule has 0 heterocycles. The topological polar surface area (TPSA) is 60.7 Å². The van der Waals surface area contributed by atoms with Crippen LogP contribution in [0.25, 0.3) is 0 Å². The van der Waals surface area contributed by atoms with Crippen molar-refractivity contribution in [1.82, 2.24) is 0 Å². The standard InChI is InChI=1S/C13H18O3/c14-8-9-3-1-4-10(7-9)13-11(15)5-2-6-12(13)16/h2,5-6,9-10,14-16H,1,3-4,7-8H2. The van der Waals surface area contributed by atoms with Gasteiger partial charge in [0.2, 0.25) is 0 Å². The molecule has 3 heteroatoms. The van der Waals surface area contributed by atoms with Gasteiger partial charge in [-0.2, -0.15) is 0 Å². The molecule has 1 aromatic carbocycles. The maximum Gasteiger partial charge on any atom is 0.122 e. The molecule has 88 valence electrons. The van der Waals surface area contributed by atoms with Gasteiger partial charge >= 0.3 is 0 Å². The van der Waals surface area contributed by atoms with Crippen LogP contribution in [0.4, 0.5) is 0 Å². The lowest BCUT2D eigenvalue weighted by molar-refractivity contribution is 0.178. The van der Waals surface area contributed by atoms with Crippen LogP contribution in [-0.4, -0.2) is 21.9 Å². The zero-order chi connectivity index (χ0) is 11.5. The zero-order valence-electron chi connectivity index (χ0n) is 9.26. The molecule has 0 amide bonds. The molecule has 1 fully saturated rings. The van der Waals surface area contributed by atoms with Crippen molar-refractivity contribution in [2.75, 3.05) is 6.61 Å². The van der Waals surface area contributed by atoms with Gasteiger partial charge in [-0.05, 0) is 43.2 Å². The molecule has 0 bridgehead atoms. The van der Waals surface area contributed by atoms with Crippen molar-refractivity contribution in [2.45, 2.75) is 31.6 Å². The normalized spacial score (nSPS) is 25.6. The third-order valence-corrected chi connectivity index (χ3v) is 3.51. The Hall–Kier alpha value is -1.22. The van der Waals surface area contributed by atoms with E-state index < -0.39 is 0 Å². The van der Waals surface area contributed by atoms with E-state index in [1.165, 1.54) is 0 Å². The number of hydrogen-bond acceptors (Lipinski definition) is 3. The summed E-state index contributed by atoms with van der Waals surface area (Å²) in [4.78, 5) is 0. The molecule has 2 rings (SSSR count). The van der Waals surface area contributed by atoms with E-state index in [2.05, 4.69) is 0 Å². The Morgan fingerprint density at radius 2 is 1.81 bits per heavy atom. The Bertz CT molecular complexity index is 342. The number of hydrogen-bond donors (Lipinski definition) is 3. The van der Waals surface area contributed by atoms with Crippen LogP contribution in [0.15, 0.2) is 18.2 Å².